The van der Waals surface area contributed by atoms with Gasteiger partial charge in [-0.2, -0.15) is 0 Å². The lowest BCUT2D eigenvalue weighted by Gasteiger charge is -2.11. The molecule has 1 aromatic carbocycles. The van der Waals surface area contributed by atoms with E-state index in [0.29, 0.717) is 29.0 Å². The van der Waals surface area contributed by atoms with Crippen LogP contribution in [0.5, 0.6) is 0 Å². The molecule has 0 aliphatic heterocycles. The summed E-state index contributed by atoms with van der Waals surface area (Å²) in [6.45, 7) is 0.925. The van der Waals surface area contributed by atoms with Gasteiger partial charge < -0.3 is 15.8 Å². The summed E-state index contributed by atoms with van der Waals surface area (Å²) in [6, 6.07) is 7.28. The third-order valence-corrected chi connectivity index (χ3v) is 2.89. The number of aromatic nitrogens is 2. The maximum atomic E-state index is 12.1. The van der Waals surface area contributed by atoms with Gasteiger partial charge in [-0.05, 0) is 44.2 Å². The van der Waals surface area contributed by atoms with E-state index in [9.17, 15) is 5.21 Å². The zero-order valence-electron chi connectivity index (χ0n) is 10.8. The van der Waals surface area contributed by atoms with Gasteiger partial charge in [-0.1, -0.05) is 12.1 Å². The molecule has 0 aliphatic carbocycles. The molecule has 5 heteroatoms. The van der Waals surface area contributed by atoms with Gasteiger partial charge in [-0.3, -0.25) is 0 Å². The number of para-hydroxylation sites is 1. The molecule has 5 nitrogen and oxygen atoms in total. The van der Waals surface area contributed by atoms with Crippen LogP contribution < -0.4 is 10.5 Å². The number of nitrogens with two attached hydrogens (primary N) is 1. The number of benzene rings is 1. The summed E-state index contributed by atoms with van der Waals surface area (Å²) in [6.07, 6.45) is 1.52. The van der Waals surface area contributed by atoms with Crippen molar-refractivity contribution in [2.75, 3.05) is 26.4 Å². The number of nitrogens with zero attached hydrogens (tertiary/aromatic N) is 3. The first-order valence-electron chi connectivity index (χ1n) is 6.01. The molecule has 0 radical (unpaired) electrons. The Morgan fingerprint density at radius 2 is 2.06 bits per heavy atom. The first kappa shape index (κ1) is 12.6. The molecule has 18 heavy (non-hydrogen) atoms. The normalized spacial score (nSPS) is 11.3. The van der Waals surface area contributed by atoms with E-state index >= 15 is 0 Å². The van der Waals surface area contributed by atoms with Crippen LogP contribution in [0.4, 0.5) is 5.82 Å². The van der Waals surface area contributed by atoms with E-state index in [4.69, 9.17) is 5.73 Å². The molecule has 96 valence electrons. The molecular weight excluding hydrogens is 228 g/mol. The van der Waals surface area contributed by atoms with Crippen molar-refractivity contribution in [3.63, 3.8) is 0 Å². The second-order valence-electron chi connectivity index (χ2n) is 4.63. The maximum absolute atomic E-state index is 12.1. The number of aryl methyl sites for hydroxylation is 1. The van der Waals surface area contributed by atoms with Gasteiger partial charge in [-0.15, -0.1) is 0 Å². The van der Waals surface area contributed by atoms with Crippen molar-refractivity contribution in [1.82, 2.24) is 9.88 Å². The fourth-order valence-corrected chi connectivity index (χ4v) is 1.96. The lowest BCUT2D eigenvalue weighted by atomic mass is 10.2. The molecule has 0 amide bonds. The van der Waals surface area contributed by atoms with Crippen molar-refractivity contribution in [3.05, 3.63) is 35.3 Å². The van der Waals surface area contributed by atoms with Crippen LogP contribution in [-0.2, 0) is 6.42 Å². The molecule has 2 rings (SSSR count). The van der Waals surface area contributed by atoms with Gasteiger partial charge >= 0.3 is 5.82 Å². The van der Waals surface area contributed by atoms with Crippen LogP contribution in [0.3, 0.4) is 0 Å². The monoisotopic (exact) mass is 246 g/mol. The first-order valence-corrected chi connectivity index (χ1v) is 6.01. The summed E-state index contributed by atoms with van der Waals surface area (Å²) in [7, 11) is 4.01. The topological polar surface area (TPSA) is 69.1 Å². The lowest BCUT2D eigenvalue weighted by Crippen LogP contribution is -2.35. The van der Waals surface area contributed by atoms with Gasteiger partial charge in [0.25, 0.3) is 0 Å². The molecule has 0 spiro atoms. The van der Waals surface area contributed by atoms with Crippen LogP contribution in [0.15, 0.2) is 24.3 Å². The van der Waals surface area contributed by atoms with E-state index in [1.54, 1.807) is 6.07 Å². The fourth-order valence-electron chi connectivity index (χ4n) is 1.96. The Morgan fingerprint density at radius 1 is 1.33 bits per heavy atom. The van der Waals surface area contributed by atoms with E-state index in [1.165, 1.54) is 0 Å². The van der Waals surface area contributed by atoms with Gasteiger partial charge in [-0.25, -0.2) is 4.73 Å². The van der Waals surface area contributed by atoms with E-state index in [0.717, 1.165) is 17.7 Å². The van der Waals surface area contributed by atoms with E-state index in [1.807, 2.05) is 32.3 Å². The summed E-state index contributed by atoms with van der Waals surface area (Å²) >= 11 is 0. The molecule has 1 aromatic heterocycles. The van der Waals surface area contributed by atoms with Crippen molar-refractivity contribution in [2.24, 2.45) is 0 Å². The Morgan fingerprint density at radius 3 is 2.78 bits per heavy atom. The summed E-state index contributed by atoms with van der Waals surface area (Å²) in [5.74, 6) is 0.922. The third-order valence-electron chi connectivity index (χ3n) is 2.89. The molecule has 0 saturated carbocycles. The van der Waals surface area contributed by atoms with Gasteiger partial charge in [0.05, 0.1) is 11.8 Å². The van der Waals surface area contributed by atoms with E-state index in [2.05, 4.69) is 9.88 Å². The van der Waals surface area contributed by atoms with Gasteiger partial charge in [0.2, 0.25) is 5.82 Å². The Labute approximate surface area is 106 Å². The smallest absolute Gasteiger partial charge is 0.304 e. The summed E-state index contributed by atoms with van der Waals surface area (Å²) in [4.78, 5) is 6.29. The standard InChI is InChI=1S/C13H18N4O/c1-16(2)9-5-8-12-15-13(14)10-6-3-4-7-11(10)17(12)18/h3-4,6-7H,5,8-9H2,1-2H3,(H2,14,15). The Bertz CT molecular complexity index is 554. The highest BCUT2D eigenvalue weighted by molar-refractivity contribution is 5.85. The SMILES string of the molecule is CN(C)CCCc1nc(N)c2ccccc2[n+]1[O-]. The Kier molecular flexibility index (Phi) is 3.62. The molecule has 0 atom stereocenters. The second-order valence-corrected chi connectivity index (χ2v) is 4.63. The first-order chi connectivity index (χ1) is 8.59. The van der Waals surface area contributed by atoms with Crippen LogP contribution >= 0.6 is 0 Å². The summed E-state index contributed by atoms with van der Waals surface area (Å²) < 4.78 is 0.890. The number of nitrogen functional groups attached to an aromatic ring is 1. The molecule has 0 unspecified atom stereocenters. The zero-order valence-corrected chi connectivity index (χ0v) is 10.8. The van der Waals surface area contributed by atoms with Crippen LogP contribution in [0, 0.1) is 5.21 Å². The lowest BCUT2D eigenvalue weighted by molar-refractivity contribution is -0.589. The van der Waals surface area contributed by atoms with Crippen molar-refractivity contribution in [3.8, 4) is 0 Å². The molecule has 0 fully saturated rings. The number of hydrogen-bond acceptors (Lipinski definition) is 4. The largest absolute Gasteiger partial charge is 0.710 e. The van der Waals surface area contributed by atoms with Crippen LogP contribution in [0.1, 0.15) is 12.2 Å². The van der Waals surface area contributed by atoms with Crippen molar-refractivity contribution >= 4 is 16.7 Å². The van der Waals surface area contributed by atoms with Crippen LogP contribution in [-0.4, -0.2) is 30.5 Å². The van der Waals surface area contributed by atoms with Crippen molar-refractivity contribution in [1.29, 1.82) is 0 Å². The molecular formula is C13H18N4O. The average molecular weight is 246 g/mol. The zero-order chi connectivity index (χ0) is 13.1. The predicted octanol–water partition coefficient (Wildman–Crippen LogP) is 0.945. The predicted molar refractivity (Wildman–Crippen MR) is 72.0 cm³/mol. The molecule has 0 saturated heterocycles. The van der Waals surface area contributed by atoms with Crippen LogP contribution in [0.25, 0.3) is 10.9 Å². The molecule has 0 aliphatic rings. The number of anilines is 1. The summed E-state index contributed by atoms with van der Waals surface area (Å²) in [5.41, 5.74) is 6.47. The number of hydrogen-bond donors (Lipinski definition) is 1. The quantitative estimate of drug-likeness (QED) is 0.644. The highest BCUT2D eigenvalue weighted by Crippen LogP contribution is 2.16. The molecule has 1 heterocycles. The minimum absolute atomic E-state index is 0.428. The van der Waals surface area contributed by atoms with Gasteiger partial charge in [0.1, 0.15) is 5.52 Å². The molecule has 2 aromatic rings. The Balaban J connectivity index is 2.31. The van der Waals surface area contributed by atoms with Crippen molar-refractivity contribution in [2.45, 2.75) is 12.8 Å². The van der Waals surface area contributed by atoms with E-state index < -0.39 is 0 Å². The number of fused-ring (bicyclic) bond motifs is 1. The summed E-state index contributed by atoms with van der Waals surface area (Å²) in [5, 5.41) is 12.9. The average Bonchev–Trinajstić information content (AvgIpc) is 2.35. The fraction of sp³-hybridized carbons (Fsp3) is 0.385. The maximum Gasteiger partial charge on any atom is 0.304 e. The molecule has 0 bridgehead atoms. The van der Waals surface area contributed by atoms with Crippen molar-refractivity contribution < 1.29 is 4.73 Å². The Hall–Kier alpha value is -1.88. The van der Waals surface area contributed by atoms with Crippen LogP contribution in [0.2, 0.25) is 0 Å². The minimum atomic E-state index is 0.428. The minimum Gasteiger partial charge on any atom is -0.710 e. The van der Waals surface area contributed by atoms with E-state index in [-0.39, 0.29) is 0 Å². The highest BCUT2D eigenvalue weighted by Gasteiger charge is 2.15. The molecule has 2 N–H and O–H groups in total. The van der Waals surface area contributed by atoms with Gasteiger partial charge in [0.15, 0.2) is 0 Å². The number of rotatable bonds is 4. The second kappa shape index (κ2) is 5.18. The third kappa shape index (κ3) is 2.51. The highest BCUT2D eigenvalue weighted by atomic mass is 16.5. The van der Waals surface area contributed by atoms with Gasteiger partial charge in [0, 0.05) is 0 Å².